The summed E-state index contributed by atoms with van der Waals surface area (Å²) in [6.07, 6.45) is 2.93. The Kier molecular flexibility index (Phi) is 4.28. The van der Waals surface area contributed by atoms with Gasteiger partial charge >= 0.3 is 0 Å². The normalized spacial score (nSPS) is 31.6. The lowest BCUT2D eigenvalue weighted by molar-refractivity contribution is -0.148. The first-order valence-corrected chi connectivity index (χ1v) is 7.11. The molecule has 2 heterocycles. The molecule has 18 heavy (non-hydrogen) atoms. The van der Waals surface area contributed by atoms with Crippen molar-refractivity contribution in [3.8, 4) is 0 Å². The van der Waals surface area contributed by atoms with Crippen LogP contribution in [0, 0.1) is 11.3 Å². The van der Waals surface area contributed by atoms with Crippen LogP contribution in [0.15, 0.2) is 0 Å². The molecule has 0 radical (unpaired) electrons. The average Bonchev–Trinajstić information content (AvgIpc) is 2.71. The van der Waals surface area contributed by atoms with E-state index in [1.807, 2.05) is 0 Å². The maximum Gasteiger partial charge on any atom is 0.231 e. The molecule has 4 nitrogen and oxygen atoms in total. The number of amides is 1. The van der Waals surface area contributed by atoms with Gasteiger partial charge in [0.2, 0.25) is 5.91 Å². The number of likely N-dealkylation sites (tertiary alicyclic amines) is 1. The van der Waals surface area contributed by atoms with Gasteiger partial charge < -0.3 is 15.0 Å². The van der Waals surface area contributed by atoms with Gasteiger partial charge in [0.15, 0.2) is 0 Å². The van der Waals surface area contributed by atoms with Gasteiger partial charge in [0.25, 0.3) is 0 Å². The topological polar surface area (TPSA) is 41.6 Å². The molecule has 1 N–H and O–H groups in total. The molecule has 2 unspecified atom stereocenters. The average molecular weight is 254 g/mol. The maximum atomic E-state index is 12.9. The van der Waals surface area contributed by atoms with Gasteiger partial charge in [0.1, 0.15) is 0 Å². The van der Waals surface area contributed by atoms with Crippen LogP contribution in [0.5, 0.6) is 0 Å². The zero-order valence-electron chi connectivity index (χ0n) is 11.9. The van der Waals surface area contributed by atoms with Crippen molar-refractivity contribution >= 4 is 5.91 Å². The zero-order chi connectivity index (χ0) is 13.2. The molecule has 0 aromatic heterocycles. The minimum absolute atomic E-state index is 0.279. The third kappa shape index (κ3) is 2.41. The van der Waals surface area contributed by atoms with E-state index in [1.54, 1.807) is 7.11 Å². The predicted molar refractivity (Wildman–Crippen MR) is 71.4 cm³/mol. The number of piperidine rings is 1. The summed E-state index contributed by atoms with van der Waals surface area (Å²) in [5.74, 6) is 0.943. The van der Waals surface area contributed by atoms with Gasteiger partial charge in [-0.3, -0.25) is 4.79 Å². The Hall–Kier alpha value is -0.610. The van der Waals surface area contributed by atoms with Crippen LogP contribution in [-0.4, -0.2) is 50.2 Å². The number of methoxy groups -OCH3 is 1. The number of hydrogen-bond acceptors (Lipinski definition) is 3. The molecule has 0 aromatic carbocycles. The molecule has 2 atom stereocenters. The lowest BCUT2D eigenvalue weighted by atomic mass is 9.78. The van der Waals surface area contributed by atoms with Gasteiger partial charge in [-0.1, -0.05) is 6.92 Å². The summed E-state index contributed by atoms with van der Waals surface area (Å²) in [7, 11) is 1.70. The van der Waals surface area contributed by atoms with Crippen molar-refractivity contribution in [3.63, 3.8) is 0 Å². The van der Waals surface area contributed by atoms with Crippen molar-refractivity contribution in [1.29, 1.82) is 0 Å². The molecule has 2 aliphatic heterocycles. The van der Waals surface area contributed by atoms with Crippen molar-refractivity contribution in [1.82, 2.24) is 10.2 Å². The Labute approximate surface area is 110 Å². The summed E-state index contributed by atoms with van der Waals surface area (Å²) >= 11 is 0. The van der Waals surface area contributed by atoms with Gasteiger partial charge in [0.05, 0.1) is 12.0 Å². The zero-order valence-corrected chi connectivity index (χ0v) is 11.9. The van der Waals surface area contributed by atoms with Crippen LogP contribution in [0.4, 0.5) is 0 Å². The van der Waals surface area contributed by atoms with Crippen molar-refractivity contribution in [3.05, 3.63) is 0 Å². The highest BCUT2D eigenvalue weighted by molar-refractivity contribution is 5.83. The summed E-state index contributed by atoms with van der Waals surface area (Å²) in [6, 6.07) is 0.376. The lowest BCUT2D eigenvalue weighted by Crippen LogP contribution is -2.52. The van der Waals surface area contributed by atoms with Crippen molar-refractivity contribution in [2.45, 2.75) is 39.2 Å². The first-order valence-electron chi connectivity index (χ1n) is 7.11. The molecule has 0 saturated carbocycles. The van der Waals surface area contributed by atoms with Gasteiger partial charge in [-0.05, 0) is 45.2 Å². The fourth-order valence-corrected chi connectivity index (χ4v) is 3.29. The van der Waals surface area contributed by atoms with E-state index in [4.69, 9.17) is 4.74 Å². The third-order valence-corrected chi connectivity index (χ3v) is 4.84. The van der Waals surface area contributed by atoms with Gasteiger partial charge in [0, 0.05) is 19.7 Å². The quantitative estimate of drug-likeness (QED) is 0.824. The Morgan fingerprint density at radius 2 is 2.06 bits per heavy atom. The number of carbonyl (C=O) groups is 1. The summed E-state index contributed by atoms with van der Waals surface area (Å²) < 4.78 is 5.35. The molecule has 104 valence electrons. The molecular weight excluding hydrogens is 228 g/mol. The van der Waals surface area contributed by atoms with Crippen molar-refractivity contribution in [2.75, 3.05) is 33.4 Å². The van der Waals surface area contributed by atoms with Crippen LogP contribution < -0.4 is 5.32 Å². The second-order valence-electron chi connectivity index (χ2n) is 5.97. The van der Waals surface area contributed by atoms with Crippen LogP contribution in [0.2, 0.25) is 0 Å². The standard InChI is InChI=1S/C14H26N2O2/c1-11-4-9-16(12(11)2)13(17)14(10-18-3)5-7-15-8-6-14/h11-12,15H,4-10H2,1-3H3. The van der Waals surface area contributed by atoms with Crippen molar-refractivity contribution < 1.29 is 9.53 Å². The second kappa shape index (κ2) is 5.57. The SMILES string of the molecule is COCC1(C(=O)N2CCC(C)C2C)CCNCC1. The van der Waals surface area contributed by atoms with E-state index in [0.29, 0.717) is 24.5 Å². The molecule has 2 saturated heterocycles. The van der Waals surface area contributed by atoms with Crippen LogP contribution in [0.3, 0.4) is 0 Å². The monoisotopic (exact) mass is 254 g/mol. The Bertz CT molecular complexity index is 295. The molecule has 4 heteroatoms. The summed E-state index contributed by atoms with van der Waals surface area (Å²) in [4.78, 5) is 15.0. The minimum atomic E-state index is -0.279. The van der Waals surface area contributed by atoms with Crippen LogP contribution in [-0.2, 0) is 9.53 Å². The van der Waals surface area contributed by atoms with Gasteiger partial charge in [-0.15, -0.1) is 0 Å². The van der Waals surface area contributed by atoms with E-state index in [9.17, 15) is 4.79 Å². The highest BCUT2D eigenvalue weighted by Crippen LogP contribution is 2.35. The number of ether oxygens (including phenoxy) is 1. The molecular formula is C14H26N2O2. The summed E-state index contributed by atoms with van der Waals surface area (Å²) in [5.41, 5.74) is -0.279. The van der Waals surface area contributed by atoms with Gasteiger partial charge in [-0.2, -0.15) is 0 Å². The first kappa shape index (κ1) is 13.8. The lowest BCUT2D eigenvalue weighted by Gasteiger charge is -2.40. The molecule has 2 aliphatic rings. The number of carbonyl (C=O) groups excluding carboxylic acids is 1. The van der Waals surface area contributed by atoms with E-state index in [2.05, 4.69) is 24.1 Å². The van der Waals surface area contributed by atoms with Crippen molar-refractivity contribution in [2.24, 2.45) is 11.3 Å². The summed E-state index contributed by atoms with van der Waals surface area (Å²) in [6.45, 7) is 7.74. The van der Waals surface area contributed by atoms with E-state index in [1.165, 1.54) is 0 Å². The minimum Gasteiger partial charge on any atom is -0.384 e. The van der Waals surface area contributed by atoms with E-state index >= 15 is 0 Å². The smallest absolute Gasteiger partial charge is 0.231 e. The molecule has 0 spiro atoms. The van der Waals surface area contributed by atoms with E-state index in [0.717, 1.165) is 38.9 Å². The fourth-order valence-electron chi connectivity index (χ4n) is 3.29. The highest BCUT2D eigenvalue weighted by Gasteiger charge is 2.45. The van der Waals surface area contributed by atoms with E-state index in [-0.39, 0.29) is 5.41 Å². The van der Waals surface area contributed by atoms with E-state index < -0.39 is 0 Å². The largest absolute Gasteiger partial charge is 0.384 e. The molecule has 2 rings (SSSR count). The molecule has 0 bridgehead atoms. The highest BCUT2D eigenvalue weighted by atomic mass is 16.5. The van der Waals surface area contributed by atoms with Crippen LogP contribution in [0.1, 0.15) is 33.1 Å². The third-order valence-electron chi connectivity index (χ3n) is 4.84. The number of nitrogens with zero attached hydrogens (tertiary/aromatic N) is 1. The fraction of sp³-hybridized carbons (Fsp3) is 0.929. The summed E-state index contributed by atoms with van der Waals surface area (Å²) in [5, 5.41) is 3.34. The Morgan fingerprint density at radius 1 is 1.39 bits per heavy atom. The Morgan fingerprint density at radius 3 is 2.56 bits per heavy atom. The van der Waals surface area contributed by atoms with Gasteiger partial charge in [-0.25, -0.2) is 0 Å². The number of nitrogens with one attached hydrogen (secondary N) is 1. The number of rotatable bonds is 3. The Balaban J connectivity index is 2.13. The molecule has 0 aromatic rings. The second-order valence-corrected chi connectivity index (χ2v) is 5.97. The molecule has 2 fully saturated rings. The van der Waals surface area contributed by atoms with Crippen LogP contribution in [0.25, 0.3) is 0 Å². The first-order chi connectivity index (χ1) is 8.60. The molecule has 0 aliphatic carbocycles. The predicted octanol–water partition coefficient (Wildman–Crippen LogP) is 1.26. The molecule has 1 amide bonds. The number of hydrogen-bond donors (Lipinski definition) is 1. The van der Waals surface area contributed by atoms with Crippen LogP contribution >= 0.6 is 0 Å². The maximum absolute atomic E-state index is 12.9.